The van der Waals surface area contributed by atoms with E-state index < -0.39 is 0 Å². The third-order valence-corrected chi connectivity index (χ3v) is 4.22. The van der Waals surface area contributed by atoms with Gasteiger partial charge in [0.2, 0.25) is 0 Å². The molecule has 108 valence electrons. The zero-order chi connectivity index (χ0) is 14.7. The highest BCUT2D eigenvalue weighted by Gasteiger charge is 2.29. The molecule has 1 aromatic heterocycles. The lowest BCUT2D eigenvalue weighted by molar-refractivity contribution is 0.263. The zero-order valence-corrected chi connectivity index (χ0v) is 12.9. The van der Waals surface area contributed by atoms with Crippen molar-refractivity contribution in [1.29, 1.82) is 0 Å². The van der Waals surface area contributed by atoms with Crippen LogP contribution in [0.15, 0.2) is 29.4 Å². The van der Waals surface area contributed by atoms with Gasteiger partial charge >= 0.3 is 0 Å². The second kappa shape index (κ2) is 6.52. The van der Waals surface area contributed by atoms with Gasteiger partial charge in [-0.15, -0.1) is 10.2 Å². The fourth-order valence-electron chi connectivity index (χ4n) is 1.99. The Labute approximate surface area is 132 Å². The highest BCUT2D eigenvalue weighted by Crippen LogP contribution is 2.38. The minimum Gasteiger partial charge on any atom is -0.388 e. The summed E-state index contributed by atoms with van der Waals surface area (Å²) in [6.45, 7) is -0.0689. The van der Waals surface area contributed by atoms with Crippen molar-refractivity contribution in [2.75, 3.05) is 5.75 Å². The molecule has 1 heterocycles. The van der Waals surface area contributed by atoms with Gasteiger partial charge < -0.3 is 9.67 Å². The molecule has 6 heteroatoms. The molecule has 3 rings (SSSR count). The van der Waals surface area contributed by atoms with Gasteiger partial charge in [0.05, 0.1) is 5.75 Å². The van der Waals surface area contributed by atoms with E-state index in [2.05, 4.69) is 22.0 Å². The van der Waals surface area contributed by atoms with Crippen molar-refractivity contribution in [3.63, 3.8) is 0 Å². The van der Waals surface area contributed by atoms with Crippen LogP contribution in [0.1, 0.15) is 30.3 Å². The van der Waals surface area contributed by atoms with E-state index in [4.69, 9.17) is 11.6 Å². The summed E-state index contributed by atoms with van der Waals surface area (Å²) in [6.07, 6.45) is 2.27. The molecule has 0 atom stereocenters. The largest absolute Gasteiger partial charge is 0.388 e. The van der Waals surface area contributed by atoms with E-state index in [0.717, 1.165) is 23.6 Å². The van der Waals surface area contributed by atoms with Crippen LogP contribution in [0, 0.1) is 11.8 Å². The summed E-state index contributed by atoms with van der Waals surface area (Å²) < 4.78 is 2.04. The molecule has 21 heavy (non-hydrogen) atoms. The van der Waals surface area contributed by atoms with Crippen molar-refractivity contribution in [1.82, 2.24) is 14.8 Å². The van der Waals surface area contributed by atoms with Crippen molar-refractivity contribution >= 4 is 23.4 Å². The van der Waals surface area contributed by atoms with E-state index in [9.17, 15) is 5.11 Å². The highest BCUT2D eigenvalue weighted by atomic mass is 35.5. The van der Waals surface area contributed by atoms with Crippen molar-refractivity contribution in [3.8, 4) is 11.8 Å². The van der Waals surface area contributed by atoms with Gasteiger partial charge in [-0.1, -0.05) is 35.2 Å². The summed E-state index contributed by atoms with van der Waals surface area (Å²) in [4.78, 5) is 0. The molecule has 1 fully saturated rings. The Hall–Kier alpha value is -1.48. The molecule has 0 spiro atoms. The minimum absolute atomic E-state index is 0.0689. The van der Waals surface area contributed by atoms with Crippen molar-refractivity contribution < 1.29 is 5.11 Å². The molecule has 2 aromatic rings. The Balaban J connectivity index is 1.63. The number of hydrogen-bond donors (Lipinski definition) is 1. The summed E-state index contributed by atoms with van der Waals surface area (Å²) >= 11 is 7.38. The number of aromatic nitrogens is 3. The van der Waals surface area contributed by atoms with Gasteiger partial charge in [-0.25, -0.2) is 0 Å². The number of hydrogen-bond acceptors (Lipinski definition) is 4. The molecule has 0 amide bonds. The van der Waals surface area contributed by atoms with Gasteiger partial charge in [-0.3, -0.25) is 0 Å². The number of benzene rings is 1. The van der Waals surface area contributed by atoms with E-state index in [0.29, 0.717) is 22.6 Å². The second-order valence-corrected chi connectivity index (χ2v) is 6.13. The number of rotatable bonds is 4. The third-order valence-electron chi connectivity index (χ3n) is 3.14. The minimum atomic E-state index is -0.0689. The average Bonchev–Trinajstić information content (AvgIpc) is 3.26. The molecule has 1 N–H and O–H groups in total. The number of aliphatic hydroxyl groups excluding tert-OH is 1. The zero-order valence-electron chi connectivity index (χ0n) is 11.3. The van der Waals surface area contributed by atoms with Crippen LogP contribution in [-0.2, 0) is 6.61 Å². The molecule has 1 saturated carbocycles. The first-order chi connectivity index (χ1) is 10.3. The molecule has 1 aliphatic rings. The van der Waals surface area contributed by atoms with E-state index >= 15 is 0 Å². The van der Waals surface area contributed by atoms with Crippen LogP contribution < -0.4 is 0 Å². The Morgan fingerprint density at radius 1 is 1.29 bits per heavy atom. The Morgan fingerprint density at radius 3 is 2.71 bits per heavy atom. The van der Waals surface area contributed by atoms with Gasteiger partial charge in [0.15, 0.2) is 11.0 Å². The fraction of sp³-hybridized carbons (Fsp3) is 0.333. The van der Waals surface area contributed by atoms with Crippen molar-refractivity contribution in [2.45, 2.75) is 30.6 Å². The van der Waals surface area contributed by atoms with Gasteiger partial charge in [0.1, 0.15) is 6.61 Å². The predicted molar refractivity (Wildman–Crippen MR) is 83.3 cm³/mol. The maximum absolute atomic E-state index is 9.28. The standard InChI is InChI=1S/C15H14ClN3OS/c16-12-5-3-11(4-6-12)2-1-9-21-15-18-17-14(10-20)19(15)13-7-8-13/h3-6,13,20H,7-10H2. The number of aliphatic hydroxyl groups is 1. The smallest absolute Gasteiger partial charge is 0.192 e. The predicted octanol–water partition coefficient (Wildman–Crippen LogP) is 2.90. The van der Waals surface area contributed by atoms with Gasteiger partial charge in [0.25, 0.3) is 0 Å². The molecule has 4 nitrogen and oxygen atoms in total. The Morgan fingerprint density at radius 2 is 2.05 bits per heavy atom. The molecular weight excluding hydrogens is 306 g/mol. The van der Waals surface area contributed by atoms with Crippen molar-refractivity contribution in [3.05, 3.63) is 40.7 Å². The average molecular weight is 320 g/mol. The Kier molecular flexibility index (Phi) is 4.49. The summed E-state index contributed by atoms with van der Waals surface area (Å²) in [7, 11) is 0. The van der Waals surface area contributed by atoms with E-state index in [1.807, 2.05) is 28.8 Å². The number of thioether (sulfide) groups is 1. The quantitative estimate of drug-likeness (QED) is 0.695. The molecular formula is C15H14ClN3OS. The van der Waals surface area contributed by atoms with Gasteiger partial charge in [-0.2, -0.15) is 0 Å². The fourth-order valence-corrected chi connectivity index (χ4v) is 2.88. The van der Waals surface area contributed by atoms with Crippen LogP contribution >= 0.6 is 23.4 Å². The molecule has 0 bridgehead atoms. The van der Waals surface area contributed by atoms with E-state index in [1.54, 1.807) is 11.8 Å². The van der Waals surface area contributed by atoms with Crippen LogP contribution in [0.5, 0.6) is 0 Å². The first-order valence-corrected chi connectivity index (χ1v) is 8.06. The topological polar surface area (TPSA) is 50.9 Å². The van der Waals surface area contributed by atoms with Crippen LogP contribution in [-0.4, -0.2) is 25.6 Å². The van der Waals surface area contributed by atoms with Crippen molar-refractivity contribution in [2.24, 2.45) is 0 Å². The van der Waals surface area contributed by atoms with E-state index in [-0.39, 0.29) is 6.61 Å². The molecule has 0 aliphatic heterocycles. The molecule has 0 radical (unpaired) electrons. The molecule has 1 aromatic carbocycles. The maximum Gasteiger partial charge on any atom is 0.192 e. The van der Waals surface area contributed by atoms with Gasteiger partial charge in [0, 0.05) is 16.6 Å². The van der Waals surface area contributed by atoms with Crippen LogP contribution in [0.4, 0.5) is 0 Å². The highest BCUT2D eigenvalue weighted by molar-refractivity contribution is 7.99. The molecule has 0 unspecified atom stereocenters. The summed E-state index contributed by atoms with van der Waals surface area (Å²) in [5.74, 6) is 7.48. The normalized spacial score (nSPS) is 13.8. The van der Waals surface area contributed by atoms with E-state index in [1.165, 1.54) is 0 Å². The van der Waals surface area contributed by atoms with Crippen LogP contribution in [0.3, 0.4) is 0 Å². The Bertz CT molecular complexity index is 683. The SMILES string of the molecule is OCc1nnc(SCC#Cc2ccc(Cl)cc2)n1C1CC1. The lowest BCUT2D eigenvalue weighted by atomic mass is 10.2. The summed E-state index contributed by atoms with van der Waals surface area (Å²) in [6, 6.07) is 7.91. The maximum atomic E-state index is 9.28. The number of nitrogens with zero attached hydrogens (tertiary/aromatic N) is 3. The lowest BCUT2D eigenvalue weighted by Gasteiger charge is -2.05. The summed E-state index contributed by atoms with van der Waals surface area (Å²) in [5, 5.41) is 19.0. The molecule has 1 aliphatic carbocycles. The second-order valence-electron chi connectivity index (χ2n) is 4.76. The lowest BCUT2D eigenvalue weighted by Crippen LogP contribution is -2.02. The monoisotopic (exact) mass is 319 g/mol. The number of halogens is 1. The first kappa shape index (κ1) is 14.5. The first-order valence-electron chi connectivity index (χ1n) is 6.70. The van der Waals surface area contributed by atoms with Crippen LogP contribution in [0.2, 0.25) is 5.02 Å². The molecule has 0 saturated heterocycles. The summed E-state index contributed by atoms with van der Waals surface area (Å²) in [5.41, 5.74) is 0.944. The van der Waals surface area contributed by atoms with Crippen LogP contribution in [0.25, 0.3) is 0 Å². The third kappa shape index (κ3) is 3.59. The van der Waals surface area contributed by atoms with Gasteiger partial charge in [-0.05, 0) is 37.1 Å².